The summed E-state index contributed by atoms with van der Waals surface area (Å²) >= 11 is 6.01. The molecule has 0 amide bonds. The maximum atomic E-state index is 6.01. The summed E-state index contributed by atoms with van der Waals surface area (Å²) in [5, 5.41) is 8.01. The number of pyridine rings is 1. The SMILES string of the molecule is Cc1cc(NC2CCCCC2C2CCCN2)cnc1Cl. The molecule has 0 aromatic carbocycles. The average molecular weight is 294 g/mol. The number of nitrogens with one attached hydrogen (secondary N) is 2. The van der Waals surface area contributed by atoms with Crippen LogP contribution in [0, 0.1) is 12.8 Å². The van der Waals surface area contributed by atoms with Crippen molar-refractivity contribution in [2.24, 2.45) is 5.92 Å². The van der Waals surface area contributed by atoms with Gasteiger partial charge in [0.05, 0.1) is 11.9 Å². The molecule has 2 N–H and O–H groups in total. The van der Waals surface area contributed by atoms with Crippen LogP contribution in [0.3, 0.4) is 0 Å². The quantitative estimate of drug-likeness (QED) is 0.833. The van der Waals surface area contributed by atoms with Crippen LogP contribution in [-0.2, 0) is 0 Å². The normalized spacial score (nSPS) is 30.4. The van der Waals surface area contributed by atoms with Crippen molar-refractivity contribution in [3.8, 4) is 0 Å². The average Bonchev–Trinajstić information content (AvgIpc) is 2.97. The number of hydrogen-bond acceptors (Lipinski definition) is 3. The number of anilines is 1. The highest BCUT2D eigenvalue weighted by Crippen LogP contribution is 2.32. The van der Waals surface area contributed by atoms with Gasteiger partial charge in [0, 0.05) is 12.1 Å². The van der Waals surface area contributed by atoms with Gasteiger partial charge in [-0.25, -0.2) is 4.98 Å². The molecular formula is C16H24ClN3. The highest BCUT2D eigenvalue weighted by molar-refractivity contribution is 6.30. The Bertz CT molecular complexity index is 457. The second-order valence-electron chi connectivity index (χ2n) is 6.23. The summed E-state index contributed by atoms with van der Waals surface area (Å²) in [6.45, 7) is 3.20. The first-order valence-corrected chi connectivity index (χ1v) is 8.24. The zero-order chi connectivity index (χ0) is 13.9. The van der Waals surface area contributed by atoms with Gasteiger partial charge in [-0.2, -0.15) is 0 Å². The van der Waals surface area contributed by atoms with Gasteiger partial charge >= 0.3 is 0 Å². The van der Waals surface area contributed by atoms with Crippen molar-refractivity contribution in [3.63, 3.8) is 0 Å². The third-order valence-electron chi connectivity index (χ3n) is 4.80. The Morgan fingerprint density at radius 1 is 1.25 bits per heavy atom. The zero-order valence-electron chi connectivity index (χ0n) is 12.2. The highest BCUT2D eigenvalue weighted by atomic mass is 35.5. The second-order valence-corrected chi connectivity index (χ2v) is 6.59. The molecule has 3 atom stereocenters. The molecular weight excluding hydrogens is 270 g/mol. The van der Waals surface area contributed by atoms with Crippen LogP contribution in [0.2, 0.25) is 5.15 Å². The molecule has 3 unspecified atom stereocenters. The van der Waals surface area contributed by atoms with E-state index in [4.69, 9.17) is 11.6 Å². The van der Waals surface area contributed by atoms with Gasteiger partial charge < -0.3 is 10.6 Å². The van der Waals surface area contributed by atoms with Crippen molar-refractivity contribution >= 4 is 17.3 Å². The van der Waals surface area contributed by atoms with Crippen molar-refractivity contribution in [2.75, 3.05) is 11.9 Å². The first-order valence-electron chi connectivity index (χ1n) is 7.86. The number of halogens is 1. The summed E-state index contributed by atoms with van der Waals surface area (Å²) in [4.78, 5) is 4.25. The van der Waals surface area contributed by atoms with E-state index in [1.165, 1.54) is 45.1 Å². The van der Waals surface area contributed by atoms with Gasteiger partial charge in [0.1, 0.15) is 5.15 Å². The van der Waals surface area contributed by atoms with E-state index in [0.29, 0.717) is 17.2 Å². The third kappa shape index (κ3) is 3.09. The molecule has 110 valence electrons. The van der Waals surface area contributed by atoms with Gasteiger partial charge in [0.2, 0.25) is 0 Å². The minimum atomic E-state index is 0.571. The molecule has 0 radical (unpaired) electrons. The Morgan fingerprint density at radius 2 is 2.10 bits per heavy atom. The molecule has 20 heavy (non-hydrogen) atoms. The first kappa shape index (κ1) is 14.2. The molecule has 1 saturated heterocycles. The van der Waals surface area contributed by atoms with Crippen LogP contribution >= 0.6 is 11.6 Å². The van der Waals surface area contributed by atoms with Gasteiger partial charge in [-0.05, 0) is 56.7 Å². The molecule has 0 spiro atoms. The maximum Gasteiger partial charge on any atom is 0.132 e. The van der Waals surface area contributed by atoms with E-state index in [1.54, 1.807) is 0 Å². The number of hydrogen-bond donors (Lipinski definition) is 2. The third-order valence-corrected chi connectivity index (χ3v) is 5.20. The van der Waals surface area contributed by atoms with Crippen LogP contribution in [0.15, 0.2) is 12.3 Å². The lowest BCUT2D eigenvalue weighted by Gasteiger charge is -2.36. The Kier molecular flexibility index (Phi) is 4.47. The van der Waals surface area contributed by atoms with Gasteiger partial charge in [-0.15, -0.1) is 0 Å². The molecule has 1 aromatic rings. The van der Waals surface area contributed by atoms with E-state index in [2.05, 4.69) is 21.7 Å². The zero-order valence-corrected chi connectivity index (χ0v) is 12.9. The molecule has 3 nitrogen and oxygen atoms in total. The Balaban J connectivity index is 1.71. The van der Waals surface area contributed by atoms with Crippen molar-refractivity contribution in [2.45, 2.75) is 57.5 Å². The Hall–Kier alpha value is -0.800. The Morgan fingerprint density at radius 3 is 2.85 bits per heavy atom. The predicted octanol–water partition coefficient (Wildman–Crippen LogP) is 3.77. The van der Waals surface area contributed by atoms with Crippen LogP contribution in [0.4, 0.5) is 5.69 Å². The fourth-order valence-corrected chi connectivity index (χ4v) is 3.85. The van der Waals surface area contributed by atoms with E-state index in [-0.39, 0.29) is 0 Å². The van der Waals surface area contributed by atoms with E-state index in [0.717, 1.165) is 17.2 Å². The van der Waals surface area contributed by atoms with Crippen LogP contribution < -0.4 is 10.6 Å². The molecule has 1 aromatic heterocycles. The van der Waals surface area contributed by atoms with Crippen LogP contribution in [0.5, 0.6) is 0 Å². The minimum absolute atomic E-state index is 0.571. The molecule has 2 fully saturated rings. The fourth-order valence-electron chi connectivity index (χ4n) is 3.75. The van der Waals surface area contributed by atoms with Crippen LogP contribution in [0.25, 0.3) is 0 Å². The minimum Gasteiger partial charge on any atom is -0.381 e. The monoisotopic (exact) mass is 293 g/mol. The lowest BCUT2D eigenvalue weighted by atomic mass is 9.79. The van der Waals surface area contributed by atoms with Crippen LogP contribution in [0.1, 0.15) is 44.1 Å². The smallest absolute Gasteiger partial charge is 0.132 e. The second kappa shape index (κ2) is 6.31. The highest BCUT2D eigenvalue weighted by Gasteiger charge is 2.33. The van der Waals surface area contributed by atoms with Crippen molar-refractivity contribution in [1.29, 1.82) is 0 Å². The predicted molar refractivity (Wildman–Crippen MR) is 84.4 cm³/mol. The maximum absolute atomic E-state index is 6.01. The first-order chi connectivity index (χ1) is 9.74. The lowest BCUT2D eigenvalue weighted by Crippen LogP contribution is -2.43. The summed E-state index contributed by atoms with van der Waals surface area (Å²) in [5.74, 6) is 0.752. The van der Waals surface area contributed by atoms with Crippen molar-refractivity contribution in [3.05, 3.63) is 23.0 Å². The van der Waals surface area contributed by atoms with E-state index >= 15 is 0 Å². The molecule has 0 bridgehead atoms. The summed E-state index contributed by atoms with van der Waals surface area (Å²) in [5.41, 5.74) is 2.16. The standard InChI is InChI=1S/C16H24ClN3/c1-11-9-12(10-19-16(11)17)20-15-6-3-2-5-13(15)14-7-4-8-18-14/h9-10,13-15,18,20H,2-8H2,1H3. The molecule has 1 saturated carbocycles. The Labute approximate surface area is 126 Å². The largest absolute Gasteiger partial charge is 0.381 e. The summed E-state index contributed by atoms with van der Waals surface area (Å²) in [6, 6.07) is 3.39. The van der Waals surface area contributed by atoms with Gasteiger partial charge in [0.25, 0.3) is 0 Å². The van der Waals surface area contributed by atoms with E-state index < -0.39 is 0 Å². The number of rotatable bonds is 3. The number of aromatic nitrogens is 1. The summed E-state index contributed by atoms with van der Waals surface area (Å²) < 4.78 is 0. The van der Waals surface area contributed by atoms with Gasteiger partial charge in [-0.3, -0.25) is 0 Å². The van der Waals surface area contributed by atoms with Gasteiger partial charge in [-0.1, -0.05) is 24.4 Å². The van der Waals surface area contributed by atoms with Crippen molar-refractivity contribution < 1.29 is 0 Å². The topological polar surface area (TPSA) is 37.0 Å². The van der Waals surface area contributed by atoms with Crippen molar-refractivity contribution in [1.82, 2.24) is 10.3 Å². The number of nitrogens with zero attached hydrogens (tertiary/aromatic N) is 1. The molecule has 1 aliphatic carbocycles. The molecule has 2 heterocycles. The molecule has 4 heteroatoms. The lowest BCUT2D eigenvalue weighted by molar-refractivity contribution is 0.262. The van der Waals surface area contributed by atoms with Gasteiger partial charge in [0.15, 0.2) is 0 Å². The molecule has 2 aliphatic rings. The summed E-state index contributed by atoms with van der Waals surface area (Å²) in [7, 11) is 0. The fraction of sp³-hybridized carbons (Fsp3) is 0.688. The van der Waals surface area contributed by atoms with E-state index in [1.807, 2.05) is 13.1 Å². The number of aryl methyl sites for hydroxylation is 1. The molecule has 1 aliphatic heterocycles. The van der Waals surface area contributed by atoms with Crippen LogP contribution in [-0.4, -0.2) is 23.6 Å². The van der Waals surface area contributed by atoms with E-state index in [9.17, 15) is 0 Å². The molecule has 3 rings (SSSR count). The summed E-state index contributed by atoms with van der Waals surface area (Å²) in [6.07, 6.45) is 9.85.